The van der Waals surface area contributed by atoms with Crippen molar-refractivity contribution in [2.45, 2.75) is 64.4 Å². The largest absolute Gasteiger partial charge is 0.444 e. The lowest BCUT2D eigenvalue weighted by Crippen LogP contribution is -2.37. The molecule has 3 heterocycles. The molecule has 9 nitrogen and oxygen atoms in total. The van der Waals surface area contributed by atoms with Crippen LogP contribution in [0.2, 0.25) is 0 Å². The van der Waals surface area contributed by atoms with Gasteiger partial charge in [-0.2, -0.15) is 28.6 Å². The zero-order chi connectivity index (χ0) is 28.5. The van der Waals surface area contributed by atoms with Crippen LogP contribution in [0.5, 0.6) is 0 Å². The van der Waals surface area contributed by atoms with Crippen LogP contribution in [0.25, 0.3) is 11.3 Å². The van der Waals surface area contributed by atoms with Crippen LogP contribution in [0.3, 0.4) is 0 Å². The van der Waals surface area contributed by atoms with Crippen molar-refractivity contribution < 1.29 is 27.1 Å². The lowest BCUT2D eigenvalue weighted by Gasteiger charge is -2.26. The van der Waals surface area contributed by atoms with Gasteiger partial charge in [-0.15, -0.1) is 0 Å². The third-order valence-corrected chi connectivity index (χ3v) is 6.38. The zero-order valence-corrected chi connectivity index (χ0v) is 21.8. The topological polar surface area (TPSA) is 115 Å². The van der Waals surface area contributed by atoms with E-state index in [0.717, 1.165) is 6.07 Å². The van der Waals surface area contributed by atoms with E-state index in [1.54, 1.807) is 30.4 Å². The SMILES string of the molecule is CC(C)(C)OC(=O)N1CCC[C@H](n2nc(-c3cnn(Cc4cccc(F)c4C(F)(F)F)c3)c(C#N)c2N)CC1. The molecule has 208 valence electrons. The first-order valence-electron chi connectivity index (χ1n) is 12.4. The number of hydrogen-bond donors (Lipinski definition) is 1. The fourth-order valence-electron chi connectivity index (χ4n) is 4.64. The number of nitriles is 1. The molecule has 0 aliphatic carbocycles. The highest BCUT2D eigenvalue weighted by Gasteiger charge is 2.37. The molecule has 13 heteroatoms. The van der Waals surface area contributed by atoms with Gasteiger partial charge in [-0.1, -0.05) is 12.1 Å². The fraction of sp³-hybridized carbons (Fsp3) is 0.462. The first kappa shape index (κ1) is 27.9. The van der Waals surface area contributed by atoms with E-state index in [4.69, 9.17) is 10.5 Å². The van der Waals surface area contributed by atoms with Crippen LogP contribution < -0.4 is 5.73 Å². The Morgan fingerprint density at radius 1 is 1.23 bits per heavy atom. The lowest BCUT2D eigenvalue weighted by molar-refractivity contribution is -0.140. The maximum Gasteiger partial charge on any atom is 0.419 e. The van der Waals surface area contributed by atoms with Gasteiger partial charge >= 0.3 is 12.3 Å². The molecule has 2 aromatic heterocycles. The highest BCUT2D eigenvalue weighted by molar-refractivity contribution is 5.72. The Hall–Kier alpha value is -4.08. The predicted octanol–water partition coefficient (Wildman–Crippen LogP) is 5.37. The number of alkyl halides is 3. The minimum Gasteiger partial charge on any atom is -0.444 e. The van der Waals surface area contributed by atoms with Crippen LogP contribution in [0.1, 0.15) is 62.8 Å². The van der Waals surface area contributed by atoms with Crippen LogP contribution in [0.4, 0.5) is 28.2 Å². The highest BCUT2D eigenvalue weighted by atomic mass is 19.4. The third-order valence-electron chi connectivity index (χ3n) is 6.38. The summed E-state index contributed by atoms with van der Waals surface area (Å²) in [6, 6.07) is 5.03. The number of anilines is 1. The van der Waals surface area contributed by atoms with Crippen LogP contribution >= 0.6 is 0 Å². The Morgan fingerprint density at radius 2 is 1.97 bits per heavy atom. The maximum absolute atomic E-state index is 14.0. The Bertz CT molecular complexity index is 1400. The monoisotopic (exact) mass is 547 g/mol. The van der Waals surface area contributed by atoms with Crippen molar-refractivity contribution in [2.24, 2.45) is 0 Å². The number of carbonyl (C=O) groups is 1. The molecule has 2 N–H and O–H groups in total. The zero-order valence-electron chi connectivity index (χ0n) is 21.8. The molecule has 1 fully saturated rings. The molecule has 0 bridgehead atoms. The molecule has 1 aliphatic heterocycles. The standard InChI is InChI=1S/C26H29F4N7O2/c1-25(2,3)39-24(38)35-10-5-7-18(9-11-35)37-23(32)19(12-31)22(34-37)17-13-33-36(15-17)14-16-6-4-8-20(27)21(16)26(28,29)30/h4,6,8,13,15,18H,5,7,9-11,14,32H2,1-3H3/t18-/m0/s1. The minimum absolute atomic E-state index is 0.115. The molecule has 1 aromatic carbocycles. The average Bonchev–Trinajstić information content (AvgIpc) is 3.32. The molecule has 0 unspecified atom stereocenters. The predicted molar refractivity (Wildman–Crippen MR) is 134 cm³/mol. The van der Waals surface area contributed by atoms with Gasteiger partial charge in [0.1, 0.15) is 34.6 Å². The van der Waals surface area contributed by atoms with Gasteiger partial charge in [-0.05, 0) is 51.7 Å². The molecule has 0 spiro atoms. The van der Waals surface area contributed by atoms with Crippen LogP contribution in [-0.2, 0) is 17.5 Å². The van der Waals surface area contributed by atoms with E-state index in [2.05, 4.69) is 16.3 Å². The first-order chi connectivity index (χ1) is 18.3. The van der Waals surface area contributed by atoms with Crippen molar-refractivity contribution in [2.75, 3.05) is 18.8 Å². The molecule has 0 radical (unpaired) electrons. The average molecular weight is 548 g/mol. The van der Waals surface area contributed by atoms with E-state index >= 15 is 0 Å². The molecular formula is C26H29F4N7O2. The molecule has 1 saturated heterocycles. The summed E-state index contributed by atoms with van der Waals surface area (Å²) in [5, 5.41) is 18.5. The van der Waals surface area contributed by atoms with Crippen LogP contribution in [0.15, 0.2) is 30.6 Å². The van der Waals surface area contributed by atoms with Gasteiger partial charge in [0.15, 0.2) is 0 Å². The van der Waals surface area contributed by atoms with Crippen molar-refractivity contribution in [3.63, 3.8) is 0 Å². The second-order valence-electron chi connectivity index (χ2n) is 10.4. The number of ether oxygens (including phenoxy) is 1. The number of amides is 1. The molecule has 4 rings (SSSR count). The number of hydrogen-bond acceptors (Lipinski definition) is 6. The molecule has 1 aliphatic rings. The number of likely N-dealkylation sites (tertiary alicyclic amines) is 1. The maximum atomic E-state index is 14.0. The van der Waals surface area contributed by atoms with Gasteiger partial charge < -0.3 is 15.4 Å². The third kappa shape index (κ3) is 6.16. The Kier molecular flexibility index (Phi) is 7.59. The molecule has 1 amide bonds. The summed E-state index contributed by atoms with van der Waals surface area (Å²) in [7, 11) is 0. The smallest absolute Gasteiger partial charge is 0.419 e. The van der Waals surface area contributed by atoms with Gasteiger partial charge in [-0.3, -0.25) is 4.68 Å². The van der Waals surface area contributed by atoms with Crippen molar-refractivity contribution in [1.82, 2.24) is 24.5 Å². The Labute approximate surface area is 222 Å². The van der Waals surface area contributed by atoms with Crippen LogP contribution in [0, 0.1) is 17.1 Å². The van der Waals surface area contributed by atoms with Gasteiger partial charge in [0, 0.05) is 24.8 Å². The van der Waals surface area contributed by atoms with E-state index in [-0.39, 0.29) is 35.2 Å². The summed E-state index contributed by atoms with van der Waals surface area (Å²) in [6.45, 7) is 6.00. The summed E-state index contributed by atoms with van der Waals surface area (Å²) in [5.41, 5.74) is 4.80. The van der Waals surface area contributed by atoms with E-state index < -0.39 is 29.3 Å². The molecule has 0 saturated carbocycles. The first-order valence-corrected chi connectivity index (χ1v) is 12.4. The minimum atomic E-state index is -4.87. The molecule has 3 aromatic rings. The summed E-state index contributed by atoms with van der Waals surface area (Å²) in [6.07, 6.45) is -0.576. The summed E-state index contributed by atoms with van der Waals surface area (Å²) < 4.78 is 62.5. The Balaban J connectivity index is 1.56. The fourth-order valence-corrected chi connectivity index (χ4v) is 4.64. The molecule has 1 atom stereocenters. The van der Waals surface area contributed by atoms with Gasteiger partial charge in [0.05, 0.1) is 24.3 Å². The van der Waals surface area contributed by atoms with Crippen LogP contribution in [-0.4, -0.2) is 49.2 Å². The van der Waals surface area contributed by atoms with E-state index in [0.29, 0.717) is 37.9 Å². The number of carbonyl (C=O) groups excluding carboxylic acids is 1. The van der Waals surface area contributed by atoms with Crippen molar-refractivity contribution >= 4 is 11.9 Å². The number of nitrogens with zero attached hydrogens (tertiary/aromatic N) is 6. The van der Waals surface area contributed by atoms with Crippen molar-refractivity contribution in [3.8, 4) is 17.3 Å². The van der Waals surface area contributed by atoms with Gasteiger partial charge in [0.25, 0.3) is 0 Å². The lowest BCUT2D eigenvalue weighted by atomic mass is 10.1. The number of aromatic nitrogens is 4. The second-order valence-corrected chi connectivity index (χ2v) is 10.4. The second kappa shape index (κ2) is 10.6. The number of rotatable bonds is 4. The van der Waals surface area contributed by atoms with Gasteiger partial charge in [0.2, 0.25) is 0 Å². The summed E-state index contributed by atoms with van der Waals surface area (Å²) >= 11 is 0. The quantitative estimate of drug-likeness (QED) is 0.439. The van der Waals surface area contributed by atoms with E-state index in [1.165, 1.54) is 29.2 Å². The number of nitrogen functional groups attached to an aromatic ring is 1. The number of halogens is 4. The van der Waals surface area contributed by atoms with Crippen molar-refractivity contribution in [3.05, 3.63) is 53.1 Å². The molecular weight excluding hydrogens is 518 g/mol. The summed E-state index contributed by atoms with van der Waals surface area (Å²) in [4.78, 5) is 14.2. The number of benzene rings is 1. The summed E-state index contributed by atoms with van der Waals surface area (Å²) in [5.74, 6) is -1.21. The number of nitrogens with two attached hydrogens (primary N) is 1. The van der Waals surface area contributed by atoms with Gasteiger partial charge in [-0.25, -0.2) is 13.9 Å². The normalized spacial score (nSPS) is 16.6. The molecule has 39 heavy (non-hydrogen) atoms. The van der Waals surface area contributed by atoms with E-state index in [1.807, 2.05) is 0 Å². The van der Waals surface area contributed by atoms with E-state index in [9.17, 15) is 27.6 Å². The van der Waals surface area contributed by atoms with Crippen molar-refractivity contribution in [1.29, 1.82) is 5.26 Å². The Morgan fingerprint density at radius 3 is 2.64 bits per heavy atom. The highest BCUT2D eigenvalue weighted by Crippen LogP contribution is 2.35.